The average Bonchev–Trinajstić information content (AvgIpc) is 2.96. The van der Waals surface area contributed by atoms with Crippen LogP contribution in [0.15, 0.2) is 96.2 Å². The molecule has 198 valence electrons. The van der Waals surface area contributed by atoms with E-state index in [9.17, 15) is 8.42 Å². The fourth-order valence-corrected chi connectivity index (χ4v) is 6.31. The van der Waals surface area contributed by atoms with Gasteiger partial charge in [-0.15, -0.1) is 0 Å². The summed E-state index contributed by atoms with van der Waals surface area (Å²) in [7, 11) is -4.07. The van der Waals surface area contributed by atoms with Crippen LogP contribution >= 0.6 is 0 Å². The molecule has 2 heterocycles. The van der Waals surface area contributed by atoms with Crippen LogP contribution in [-0.4, -0.2) is 44.2 Å². The van der Waals surface area contributed by atoms with E-state index < -0.39 is 16.4 Å². The minimum absolute atomic E-state index is 0.155. The molecule has 7 heteroatoms. The summed E-state index contributed by atoms with van der Waals surface area (Å²) in [6, 6.07) is 24.5. The van der Waals surface area contributed by atoms with Gasteiger partial charge in [-0.25, -0.2) is 4.18 Å². The van der Waals surface area contributed by atoms with Crippen LogP contribution in [-0.2, 0) is 20.7 Å². The van der Waals surface area contributed by atoms with Gasteiger partial charge in [-0.2, -0.15) is 8.42 Å². The van der Waals surface area contributed by atoms with E-state index in [1.807, 2.05) is 60.8 Å². The highest BCUT2D eigenvalue weighted by Gasteiger charge is 2.27. The van der Waals surface area contributed by atoms with Gasteiger partial charge < -0.3 is 9.64 Å². The molecule has 0 N–H and O–H groups in total. The van der Waals surface area contributed by atoms with Gasteiger partial charge in [-0.1, -0.05) is 61.5 Å². The lowest BCUT2D eigenvalue weighted by Crippen LogP contribution is -2.36. The van der Waals surface area contributed by atoms with E-state index in [2.05, 4.69) is 22.9 Å². The predicted octanol–water partition coefficient (Wildman–Crippen LogP) is 6.18. The Labute approximate surface area is 225 Å². The SMILES string of the molecule is CCc1ccc(OC(CCN2CCC(c3cccnc3)CC2)OS(=O)(=O)c2cccc3ccccc23)cc1. The molecule has 1 atom stereocenters. The Bertz CT molecular complexity index is 1430. The van der Waals surface area contributed by atoms with Crippen LogP contribution in [0.4, 0.5) is 0 Å². The second kappa shape index (κ2) is 12.1. The van der Waals surface area contributed by atoms with Crippen molar-refractivity contribution >= 4 is 20.9 Å². The van der Waals surface area contributed by atoms with Crippen molar-refractivity contribution in [3.05, 3.63) is 102 Å². The second-order valence-corrected chi connectivity index (χ2v) is 11.3. The van der Waals surface area contributed by atoms with Gasteiger partial charge in [-0.3, -0.25) is 4.98 Å². The van der Waals surface area contributed by atoms with Gasteiger partial charge in [0.25, 0.3) is 0 Å². The molecule has 0 saturated carbocycles. The van der Waals surface area contributed by atoms with Crippen LogP contribution in [0.3, 0.4) is 0 Å². The highest BCUT2D eigenvalue weighted by molar-refractivity contribution is 7.87. The molecule has 3 aromatic carbocycles. The van der Waals surface area contributed by atoms with Crippen LogP contribution in [0.5, 0.6) is 5.75 Å². The van der Waals surface area contributed by atoms with E-state index in [1.54, 1.807) is 24.4 Å². The third-order valence-electron chi connectivity index (χ3n) is 7.28. The average molecular weight is 531 g/mol. The first-order valence-corrected chi connectivity index (χ1v) is 14.7. The van der Waals surface area contributed by atoms with Crippen molar-refractivity contribution in [3.63, 3.8) is 0 Å². The first-order chi connectivity index (χ1) is 18.5. The summed E-state index contributed by atoms with van der Waals surface area (Å²) in [4.78, 5) is 6.78. The summed E-state index contributed by atoms with van der Waals surface area (Å²) in [6.45, 7) is 4.65. The quantitative estimate of drug-likeness (QED) is 0.180. The smallest absolute Gasteiger partial charge is 0.300 e. The zero-order valence-corrected chi connectivity index (χ0v) is 22.5. The van der Waals surface area contributed by atoms with Crippen LogP contribution < -0.4 is 4.74 Å². The third-order valence-corrected chi connectivity index (χ3v) is 8.64. The summed E-state index contributed by atoms with van der Waals surface area (Å²) in [5.41, 5.74) is 2.48. The monoisotopic (exact) mass is 530 g/mol. The molecule has 1 fully saturated rings. The first kappa shape index (κ1) is 26.4. The first-order valence-electron chi connectivity index (χ1n) is 13.3. The Hall–Kier alpha value is -3.26. The van der Waals surface area contributed by atoms with Crippen molar-refractivity contribution in [3.8, 4) is 5.75 Å². The second-order valence-electron chi connectivity index (χ2n) is 9.76. The molecule has 5 rings (SSSR count). The third kappa shape index (κ3) is 6.41. The van der Waals surface area contributed by atoms with Crippen molar-refractivity contribution in [2.24, 2.45) is 0 Å². The van der Waals surface area contributed by atoms with Crippen LogP contribution in [0.1, 0.15) is 43.2 Å². The van der Waals surface area contributed by atoms with Crippen LogP contribution in [0.2, 0.25) is 0 Å². The van der Waals surface area contributed by atoms with Gasteiger partial charge in [0.15, 0.2) is 0 Å². The normalized spacial score (nSPS) is 15.9. The maximum Gasteiger partial charge on any atom is 0.300 e. The van der Waals surface area contributed by atoms with E-state index >= 15 is 0 Å². The molecule has 0 spiro atoms. The standard InChI is InChI=1S/C31H34N2O4S/c1-2-24-12-14-28(15-13-24)36-31(18-22-33-20-16-25(17-21-33)27-9-6-19-32-23-27)37-38(34,35)30-11-5-8-26-7-3-4-10-29(26)30/h3-15,19,23,25,31H,2,16-18,20-22H2,1H3. The van der Waals surface area contributed by atoms with Crippen molar-refractivity contribution in [1.82, 2.24) is 9.88 Å². The van der Waals surface area contributed by atoms with Crippen LogP contribution in [0, 0.1) is 0 Å². The van der Waals surface area contributed by atoms with Gasteiger partial charge in [0.2, 0.25) is 6.29 Å². The number of ether oxygens (including phenoxy) is 1. The van der Waals surface area contributed by atoms with Gasteiger partial charge in [0, 0.05) is 30.7 Å². The number of aryl methyl sites for hydroxylation is 1. The number of nitrogens with zero attached hydrogens (tertiary/aromatic N) is 2. The predicted molar refractivity (Wildman–Crippen MR) is 150 cm³/mol. The molecule has 4 aromatic rings. The van der Waals surface area contributed by atoms with Crippen LogP contribution in [0.25, 0.3) is 10.8 Å². The fourth-order valence-electron chi connectivity index (χ4n) is 5.08. The molecule has 1 unspecified atom stereocenters. The van der Waals surface area contributed by atoms with E-state index in [0.717, 1.165) is 37.7 Å². The molecule has 1 aromatic heterocycles. The molecule has 6 nitrogen and oxygen atoms in total. The van der Waals surface area contributed by atoms with Gasteiger partial charge in [0.05, 0.1) is 0 Å². The Morgan fingerprint density at radius 2 is 1.71 bits per heavy atom. The number of pyridine rings is 1. The number of rotatable bonds is 10. The summed E-state index contributed by atoms with van der Waals surface area (Å²) in [5.74, 6) is 1.10. The lowest BCUT2D eigenvalue weighted by Gasteiger charge is -2.32. The highest BCUT2D eigenvalue weighted by Crippen LogP contribution is 2.29. The molecule has 0 amide bonds. The molecule has 0 radical (unpaired) electrons. The van der Waals surface area contributed by atoms with Gasteiger partial charge in [-0.05, 0) is 79.0 Å². The van der Waals surface area contributed by atoms with Crippen molar-refractivity contribution in [2.45, 2.75) is 49.7 Å². The molecule has 38 heavy (non-hydrogen) atoms. The molecular weight excluding hydrogens is 496 g/mol. The number of hydrogen-bond donors (Lipinski definition) is 0. The van der Waals surface area contributed by atoms with Crippen molar-refractivity contribution in [2.75, 3.05) is 19.6 Å². The van der Waals surface area contributed by atoms with Crippen molar-refractivity contribution in [1.29, 1.82) is 0 Å². The topological polar surface area (TPSA) is 68.7 Å². The Morgan fingerprint density at radius 1 is 0.947 bits per heavy atom. The molecule has 0 aliphatic carbocycles. The number of fused-ring (bicyclic) bond motifs is 1. The lowest BCUT2D eigenvalue weighted by molar-refractivity contribution is -0.00368. The number of piperidine rings is 1. The molecule has 1 aliphatic heterocycles. The van der Waals surface area contributed by atoms with E-state index in [0.29, 0.717) is 30.0 Å². The molecular formula is C31H34N2O4S. The van der Waals surface area contributed by atoms with E-state index in [4.69, 9.17) is 8.92 Å². The zero-order chi connectivity index (χ0) is 26.4. The highest BCUT2D eigenvalue weighted by atomic mass is 32.2. The van der Waals surface area contributed by atoms with E-state index in [-0.39, 0.29) is 4.90 Å². The Morgan fingerprint density at radius 3 is 2.45 bits per heavy atom. The lowest BCUT2D eigenvalue weighted by atomic mass is 9.90. The largest absolute Gasteiger partial charge is 0.464 e. The Balaban J connectivity index is 1.29. The number of hydrogen-bond acceptors (Lipinski definition) is 6. The minimum atomic E-state index is -4.07. The minimum Gasteiger partial charge on any atom is -0.464 e. The summed E-state index contributed by atoms with van der Waals surface area (Å²) < 4.78 is 38.9. The maximum absolute atomic E-state index is 13.5. The molecule has 1 aliphatic rings. The summed E-state index contributed by atoms with van der Waals surface area (Å²) in [6.07, 6.45) is 6.26. The number of aromatic nitrogens is 1. The molecule has 1 saturated heterocycles. The van der Waals surface area contributed by atoms with Gasteiger partial charge in [0.1, 0.15) is 10.6 Å². The molecule has 0 bridgehead atoms. The number of likely N-dealkylation sites (tertiary alicyclic amines) is 1. The Kier molecular flexibility index (Phi) is 8.37. The fraction of sp³-hybridized carbons (Fsp3) is 0.323. The van der Waals surface area contributed by atoms with Crippen molar-refractivity contribution < 1.29 is 17.3 Å². The number of benzene rings is 3. The van der Waals surface area contributed by atoms with Gasteiger partial charge >= 0.3 is 10.1 Å². The zero-order valence-electron chi connectivity index (χ0n) is 21.7. The summed E-state index contributed by atoms with van der Waals surface area (Å²) in [5, 5.41) is 1.49. The maximum atomic E-state index is 13.5. The van der Waals surface area contributed by atoms with E-state index in [1.165, 1.54) is 11.1 Å². The summed E-state index contributed by atoms with van der Waals surface area (Å²) >= 11 is 0.